The van der Waals surface area contributed by atoms with Crippen LogP contribution in [0.4, 0.5) is 5.69 Å². The topological polar surface area (TPSA) is 112 Å². The summed E-state index contributed by atoms with van der Waals surface area (Å²) in [5.74, 6) is -0.0301. The van der Waals surface area contributed by atoms with Gasteiger partial charge in [-0.05, 0) is 18.2 Å². The van der Waals surface area contributed by atoms with Gasteiger partial charge >= 0.3 is 10.4 Å². The van der Waals surface area contributed by atoms with Gasteiger partial charge in [0.25, 0.3) is 0 Å². The molecule has 0 bridgehead atoms. The molecule has 3 aromatic rings. The third kappa shape index (κ3) is 2.41. The molecule has 0 saturated heterocycles. The molecule has 0 amide bonds. The normalized spacial score (nSPS) is 19.9. The maximum Gasteiger partial charge on any atom is 0.446 e. The van der Waals surface area contributed by atoms with E-state index in [0.717, 1.165) is 5.69 Å². The van der Waals surface area contributed by atoms with Crippen molar-refractivity contribution in [3.8, 4) is 5.75 Å². The summed E-state index contributed by atoms with van der Waals surface area (Å²) in [6, 6.07) is 13.6. The van der Waals surface area contributed by atoms with E-state index < -0.39 is 22.5 Å². The lowest BCUT2D eigenvalue weighted by molar-refractivity contribution is 0.162. The molecule has 1 aliphatic heterocycles. The summed E-state index contributed by atoms with van der Waals surface area (Å²) in [5.41, 5.74) is 2.44. The van der Waals surface area contributed by atoms with E-state index in [1.54, 1.807) is 30.3 Å². The van der Waals surface area contributed by atoms with Gasteiger partial charge in [-0.2, -0.15) is 8.42 Å². The van der Waals surface area contributed by atoms with Crippen LogP contribution >= 0.6 is 0 Å². The molecule has 0 fully saturated rings. The maximum absolute atomic E-state index is 11.2. The Morgan fingerprint density at radius 2 is 1.75 bits per heavy atom. The highest BCUT2D eigenvalue weighted by molar-refractivity contribution is 7.81. The fourth-order valence-electron chi connectivity index (χ4n) is 3.09. The molecule has 0 radical (unpaired) electrons. The number of benzene rings is 2. The molecule has 0 spiro atoms. The van der Waals surface area contributed by atoms with Gasteiger partial charge in [0.05, 0.1) is 5.69 Å². The summed E-state index contributed by atoms with van der Waals surface area (Å²) in [5, 5.41) is 14.2. The van der Waals surface area contributed by atoms with Crippen LogP contribution in [0.3, 0.4) is 0 Å². The third-order valence-electron chi connectivity index (χ3n) is 4.09. The first-order chi connectivity index (χ1) is 11.4. The molecule has 2 aromatic carbocycles. The molecule has 0 saturated carbocycles. The molecule has 7 nitrogen and oxygen atoms in total. The van der Waals surface area contributed by atoms with E-state index in [0.29, 0.717) is 22.2 Å². The summed E-state index contributed by atoms with van der Waals surface area (Å²) in [6.45, 7) is 0. The van der Waals surface area contributed by atoms with Crippen LogP contribution in [0.15, 0.2) is 48.5 Å². The number of hydrogen-bond donors (Lipinski definition) is 4. The minimum Gasteiger partial charge on any atom is -0.386 e. The number of aliphatic hydroxyl groups excluding tert-OH is 1. The number of aromatic nitrogens is 1. The number of para-hydroxylation sites is 2. The predicted molar refractivity (Wildman–Crippen MR) is 88.2 cm³/mol. The van der Waals surface area contributed by atoms with Crippen molar-refractivity contribution in [2.45, 2.75) is 12.1 Å². The molecule has 24 heavy (non-hydrogen) atoms. The van der Waals surface area contributed by atoms with E-state index >= 15 is 0 Å². The van der Waals surface area contributed by atoms with Crippen LogP contribution in [-0.4, -0.2) is 23.1 Å². The monoisotopic (exact) mass is 346 g/mol. The van der Waals surface area contributed by atoms with Gasteiger partial charge in [0.15, 0.2) is 5.75 Å². The van der Waals surface area contributed by atoms with Crippen LogP contribution in [0.5, 0.6) is 5.75 Å². The van der Waals surface area contributed by atoms with Crippen molar-refractivity contribution in [1.29, 1.82) is 0 Å². The molecule has 0 aliphatic carbocycles. The number of hydrogen-bond acceptors (Lipinski definition) is 5. The highest BCUT2D eigenvalue weighted by atomic mass is 32.3. The molecular weight excluding hydrogens is 332 g/mol. The van der Waals surface area contributed by atoms with Crippen LogP contribution in [0.2, 0.25) is 0 Å². The van der Waals surface area contributed by atoms with E-state index in [2.05, 4.69) is 10.3 Å². The number of rotatable bonds is 3. The Hall–Kier alpha value is -2.55. The zero-order valence-electron chi connectivity index (χ0n) is 12.3. The second kappa shape index (κ2) is 5.23. The number of nitrogens with one attached hydrogen (secondary N) is 2. The first-order valence-electron chi connectivity index (χ1n) is 7.25. The van der Waals surface area contributed by atoms with Crippen molar-refractivity contribution >= 4 is 27.0 Å². The minimum absolute atomic E-state index is 0.0301. The standard InChI is InChI=1S/C16H14N2O5S/c19-15-9-5-1-3-7-11(9)17-13(15)14-16(23-24(20,21)22)10-6-2-4-8-12(10)18-14/h1-8,13,15,17-19H,(H,20,21,22). The highest BCUT2D eigenvalue weighted by Crippen LogP contribution is 2.46. The summed E-state index contributed by atoms with van der Waals surface area (Å²) >= 11 is 0. The number of aliphatic hydroxyl groups is 1. The van der Waals surface area contributed by atoms with Gasteiger partial charge in [0.1, 0.15) is 12.1 Å². The Balaban J connectivity index is 1.87. The zero-order chi connectivity index (χ0) is 16.9. The molecule has 8 heteroatoms. The highest BCUT2D eigenvalue weighted by Gasteiger charge is 2.36. The van der Waals surface area contributed by atoms with Crippen LogP contribution in [0.25, 0.3) is 10.9 Å². The second-order valence-corrected chi connectivity index (χ2v) is 6.60. The van der Waals surface area contributed by atoms with Crippen molar-refractivity contribution in [3.63, 3.8) is 0 Å². The predicted octanol–water partition coefficient (Wildman–Crippen LogP) is 2.55. The summed E-state index contributed by atoms with van der Waals surface area (Å²) < 4.78 is 36.4. The van der Waals surface area contributed by atoms with Gasteiger partial charge < -0.3 is 19.6 Å². The van der Waals surface area contributed by atoms with Crippen LogP contribution in [0, 0.1) is 0 Å². The molecule has 4 rings (SSSR count). The summed E-state index contributed by atoms with van der Waals surface area (Å²) in [6.07, 6.45) is -0.891. The Labute approximate surface area is 137 Å². The van der Waals surface area contributed by atoms with Crippen LogP contribution in [-0.2, 0) is 10.4 Å². The number of fused-ring (bicyclic) bond motifs is 2. The molecule has 4 N–H and O–H groups in total. The van der Waals surface area contributed by atoms with E-state index in [1.165, 1.54) is 0 Å². The van der Waals surface area contributed by atoms with Crippen molar-refractivity contribution < 1.29 is 22.3 Å². The quantitative estimate of drug-likeness (QED) is 0.542. The van der Waals surface area contributed by atoms with E-state index in [4.69, 9.17) is 8.74 Å². The van der Waals surface area contributed by atoms with Crippen LogP contribution in [0.1, 0.15) is 23.4 Å². The largest absolute Gasteiger partial charge is 0.446 e. The Kier molecular flexibility index (Phi) is 3.27. The first-order valence-corrected chi connectivity index (χ1v) is 8.61. The van der Waals surface area contributed by atoms with Crippen LogP contribution < -0.4 is 9.50 Å². The number of anilines is 1. The van der Waals surface area contributed by atoms with E-state index in [1.807, 2.05) is 18.2 Å². The average molecular weight is 346 g/mol. The third-order valence-corrected chi connectivity index (χ3v) is 4.47. The van der Waals surface area contributed by atoms with Gasteiger partial charge in [-0.1, -0.05) is 30.3 Å². The van der Waals surface area contributed by atoms with Gasteiger partial charge in [-0.3, -0.25) is 4.55 Å². The molecule has 124 valence electrons. The molecule has 1 aromatic heterocycles. The zero-order valence-corrected chi connectivity index (χ0v) is 13.1. The minimum atomic E-state index is -4.70. The molecular formula is C16H14N2O5S. The number of H-pyrrole nitrogens is 1. The Bertz CT molecular complexity index is 1030. The summed E-state index contributed by atoms with van der Waals surface area (Å²) in [4.78, 5) is 3.07. The average Bonchev–Trinajstić information content (AvgIpc) is 3.05. The van der Waals surface area contributed by atoms with Crippen molar-refractivity contribution in [2.24, 2.45) is 0 Å². The molecule has 1 aliphatic rings. The number of aromatic amines is 1. The Morgan fingerprint density at radius 3 is 2.50 bits per heavy atom. The SMILES string of the molecule is O=S(=O)(O)Oc1c(C2Nc3ccccc3C2O)[nH]c2ccccc12. The second-order valence-electron chi connectivity index (χ2n) is 5.58. The molecule has 2 heterocycles. The Morgan fingerprint density at radius 1 is 1.04 bits per heavy atom. The fourth-order valence-corrected chi connectivity index (χ4v) is 3.48. The lowest BCUT2D eigenvalue weighted by atomic mass is 10.0. The first kappa shape index (κ1) is 15.0. The van der Waals surface area contributed by atoms with Crippen molar-refractivity contribution in [3.05, 3.63) is 59.8 Å². The lowest BCUT2D eigenvalue weighted by Gasteiger charge is -2.16. The molecule has 2 atom stereocenters. The smallest absolute Gasteiger partial charge is 0.386 e. The maximum atomic E-state index is 11.2. The van der Waals surface area contributed by atoms with Gasteiger partial charge in [0, 0.05) is 22.2 Å². The van der Waals surface area contributed by atoms with Crippen molar-refractivity contribution in [1.82, 2.24) is 4.98 Å². The van der Waals surface area contributed by atoms with Gasteiger partial charge in [-0.15, -0.1) is 0 Å². The molecule has 2 unspecified atom stereocenters. The van der Waals surface area contributed by atoms with Gasteiger partial charge in [-0.25, -0.2) is 0 Å². The van der Waals surface area contributed by atoms with E-state index in [-0.39, 0.29) is 5.75 Å². The fraction of sp³-hybridized carbons (Fsp3) is 0.125. The van der Waals surface area contributed by atoms with E-state index in [9.17, 15) is 13.5 Å². The van der Waals surface area contributed by atoms with Crippen molar-refractivity contribution in [2.75, 3.05) is 5.32 Å². The lowest BCUT2D eigenvalue weighted by Crippen LogP contribution is -2.15. The summed E-state index contributed by atoms with van der Waals surface area (Å²) in [7, 11) is -4.70. The van der Waals surface area contributed by atoms with Gasteiger partial charge in [0.2, 0.25) is 0 Å².